The summed E-state index contributed by atoms with van der Waals surface area (Å²) in [6, 6.07) is 54.8. The van der Waals surface area contributed by atoms with Gasteiger partial charge in [-0.25, -0.2) is 0 Å². The molecule has 0 spiro atoms. The molecule has 0 saturated carbocycles. The predicted molar refractivity (Wildman–Crippen MR) is 194 cm³/mol. The monoisotopic (exact) mass is 591 g/mol. The number of hydrogen-bond acceptors (Lipinski definition) is 3. The van der Waals surface area contributed by atoms with Crippen molar-refractivity contribution in [2.45, 2.75) is 0 Å². The molecule has 0 unspecified atom stereocenters. The molecule has 2 nitrogen and oxygen atoms in total. The third-order valence-corrected chi connectivity index (χ3v) is 10.4. The van der Waals surface area contributed by atoms with Gasteiger partial charge in [-0.05, 0) is 86.9 Å². The number of para-hydroxylation sites is 2. The van der Waals surface area contributed by atoms with Crippen LogP contribution in [0.4, 0.5) is 17.1 Å². The molecular weight excluding hydrogens is 567 g/mol. The highest BCUT2D eigenvalue weighted by atomic mass is 32.1. The number of thiophene rings is 1. The van der Waals surface area contributed by atoms with Crippen molar-refractivity contribution in [3.05, 3.63) is 152 Å². The number of nitrogens with zero attached hydrogens (tertiary/aromatic N) is 1. The van der Waals surface area contributed by atoms with Gasteiger partial charge in [0.1, 0.15) is 11.2 Å². The van der Waals surface area contributed by atoms with Gasteiger partial charge in [-0.3, -0.25) is 0 Å². The number of furan rings is 1. The maximum atomic E-state index is 6.32. The molecule has 210 valence electrons. The molecule has 0 atom stereocenters. The van der Waals surface area contributed by atoms with E-state index >= 15 is 0 Å². The molecule has 0 aliphatic heterocycles. The van der Waals surface area contributed by atoms with Crippen LogP contribution in [0.15, 0.2) is 156 Å². The van der Waals surface area contributed by atoms with Crippen molar-refractivity contribution in [1.82, 2.24) is 0 Å². The molecule has 0 fully saturated rings. The molecule has 2 heterocycles. The zero-order valence-corrected chi connectivity index (χ0v) is 25.0. The first-order chi connectivity index (χ1) is 22.3. The van der Waals surface area contributed by atoms with Gasteiger partial charge >= 0.3 is 0 Å². The van der Waals surface area contributed by atoms with Crippen LogP contribution in [-0.4, -0.2) is 0 Å². The number of benzene rings is 8. The van der Waals surface area contributed by atoms with Crippen molar-refractivity contribution in [3.8, 4) is 0 Å². The average molecular weight is 592 g/mol. The Bertz CT molecular complexity index is 2770. The minimum atomic E-state index is 0.924. The lowest BCUT2D eigenvalue weighted by Gasteiger charge is -2.26. The second-order valence-corrected chi connectivity index (χ2v) is 12.7. The molecule has 0 saturated heterocycles. The Kier molecular flexibility index (Phi) is 5.19. The summed E-state index contributed by atoms with van der Waals surface area (Å²) in [6.45, 7) is 0. The van der Waals surface area contributed by atoms with Gasteiger partial charge in [-0.1, -0.05) is 97.1 Å². The maximum Gasteiger partial charge on any atom is 0.136 e. The molecule has 0 bridgehead atoms. The van der Waals surface area contributed by atoms with Crippen molar-refractivity contribution in [2.75, 3.05) is 4.90 Å². The zero-order valence-electron chi connectivity index (χ0n) is 24.2. The summed E-state index contributed by atoms with van der Waals surface area (Å²) in [5.74, 6) is 0. The summed E-state index contributed by atoms with van der Waals surface area (Å²) in [6.07, 6.45) is 0. The highest BCUT2D eigenvalue weighted by Gasteiger charge is 2.20. The molecule has 2 aromatic heterocycles. The Balaban J connectivity index is 1.29. The Morgan fingerprint density at radius 3 is 1.87 bits per heavy atom. The molecule has 10 aromatic rings. The Labute approximate surface area is 263 Å². The van der Waals surface area contributed by atoms with Gasteiger partial charge < -0.3 is 9.32 Å². The van der Waals surface area contributed by atoms with Gasteiger partial charge in [0.2, 0.25) is 0 Å². The fraction of sp³-hybridized carbons (Fsp3) is 0. The van der Waals surface area contributed by atoms with Crippen molar-refractivity contribution in [3.63, 3.8) is 0 Å². The van der Waals surface area contributed by atoms with E-state index in [-0.39, 0.29) is 0 Å². The molecule has 0 radical (unpaired) electrons. The molecule has 10 rings (SSSR count). The first-order valence-electron chi connectivity index (χ1n) is 15.3. The largest absolute Gasteiger partial charge is 0.456 e. The van der Waals surface area contributed by atoms with E-state index in [9.17, 15) is 0 Å². The minimum absolute atomic E-state index is 0.924. The van der Waals surface area contributed by atoms with Gasteiger partial charge in [0, 0.05) is 37.6 Å². The molecular formula is C42H25NOS. The van der Waals surface area contributed by atoms with Crippen molar-refractivity contribution < 1.29 is 4.42 Å². The summed E-state index contributed by atoms with van der Waals surface area (Å²) in [4.78, 5) is 2.42. The molecule has 0 amide bonds. The van der Waals surface area contributed by atoms with E-state index in [0.717, 1.165) is 33.3 Å². The SMILES string of the molecule is c1ccc(N(c2ccc3c(c2)c2ccccc2c2cc4oc5ccccc5c4cc32)c2cccc3c2sc2ccccc23)cc1. The van der Waals surface area contributed by atoms with E-state index in [2.05, 4.69) is 150 Å². The Morgan fingerprint density at radius 2 is 1.02 bits per heavy atom. The highest BCUT2D eigenvalue weighted by molar-refractivity contribution is 7.26. The van der Waals surface area contributed by atoms with E-state index in [1.165, 1.54) is 58.2 Å². The second kappa shape index (κ2) is 9.43. The van der Waals surface area contributed by atoms with E-state index in [4.69, 9.17) is 4.42 Å². The fourth-order valence-corrected chi connectivity index (χ4v) is 8.42. The standard InChI is InChI=1S/C42H25NOS/c1-2-11-26(12-3-1)43(38-18-10-17-33-32-16-7-9-20-41(32)45-42(33)38)27-21-22-30-34(23-27)28-13-4-5-14-29(28)36-25-40-37(24-35(30)36)31-15-6-8-19-39(31)44-40/h1-25H. The van der Waals surface area contributed by atoms with Crippen LogP contribution in [0.25, 0.3) is 74.4 Å². The lowest BCUT2D eigenvalue weighted by atomic mass is 9.92. The van der Waals surface area contributed by atoms with Crippen LogP contribution in [0.2, 0.25) is 0 Å². The maximum absolute atomic E-state index is 6.32. The fourth-order valence-electron chi connectivity index (χ4n) is 7.21. The predicted octanol–water partition coefficient (Wildman–Crippen LogP) is 12.9. The third kappa shape index (κ3) is 3.62. The summed E-state index contributed by atoms with van der Waals surface area (Å²) >= 11 is 1.87. The van der Waals surface area contributed by atoms with E-state index in [1.54, 1.807) is 0 Å². The van der Waals surface area contributed by atoms with Gasteiger partial charge in [0.25, 0.3) is 0 Å². The molecule has 45 heavy (non-hydrogen) atoms. The van der Waals surface area contributed by atoms with Gasteiger partial charge in [0.15, 0.2) is 0 Å². The summed E-state index contributed by atoms with van der Waals surface area (Å²) < 4.78 is 8.92. The highest BCUT2D eigenvalue weighted by Crippen LogP contribution is 2.46. The van der Waals surface area contributed by atoms with Crippen molar-refractivity contribution >= 4 is 103 Å². The Hall–Kier alpha value is -5.64. The topological polar surface area (TPSA) is 16.4 Å². The van der Waals surface area contributed by atoms with Crippen LogP contribution >= 0.6 is 11.3 Å². The van der Waals surface area contributed by atoms with Gasteiger partial charge in [0.05, 0.1) is 10.4 Å². The normalized spacial score (nSPS) is 12.0. The number of fused-ring (bicyclic) bond motifs is 12. The van der Waals surface area contributed by atoms with Crippen molar-refractivity contribution in [2.24, 2.45) is 0 Å². The summed E-state index contributed by atoms with van der Waals surface area (Å²) in [7, 11) is 0. The first-order valence-corrected chi connectivity index (χ1v) is 16.1. The van der Waals surface area contributed by atoms with Crippen LogP contribution < -0.4 is 4.90 Å². The van der Waals surface area contributed by atoms with Crippen LogP contribution in [0.5, 0.6) is 0 Å². The molecule has 0 aliphatic rings. The number of anilines is 3. The molecule has 0 N–H and O–H groups in total. The average Bonchev–Trinajstić information content (AvgIpc) is 3.67. The zero-order chi connectivity index (χ0) is 29.5. The van der Waals surface area contributed by atoms with Gasteiger partial charge in [-0.15, -0.1) is 11.3 Å². The summed E-state index contributed by atoms with van der Waals surface area (Å²) in [5, 5.41) is 12.3. The van der Waals surface area contributed by atoms with Gasteiger partial charge in [-0.2, -0.15) is 0 Å². The quantitative estimate of drug-likeness (QED) is 0.190. The molecule has 0 aliphatic carbocycles. The molecule has 8 aromatic carbocycles. The number of rotatable bonds is 3. The van der Waals surface area contributed by atoms with Crippen LogP contribution in [0.3, 0.4) is 0 Å². The second-order valence-electron chi connectivity index (χ2n) is 11.7. The Morgan fingerprint density at radius 1 is 0.378 bits per heavy atom. The van der Waals surface area contributed by atoms with Crippen LogP contribution in [0.1, 0.15) is 0 Å². The van der Waals surface area contributed by atoms with E-state index in [1.807, 2.05) is 17.4 Å². The van der Waals surface area contributed by atoms with Crippen molar-refractivity contribution in [1.29, 1.82) is 0 Å². The number of hydrogen-bond donors (Lipinski definition) is 0. The smallest absolute Gasteiger partial charge is 0.136 e. The van der Waals surface area contributed by atoms with Crippen LogP contribution in [0, 0.1) is 0 Å². The van der Waals surface area contributed by atoms with Crippen LogP contribution in [-0.2, 0) is 0 Å². The summed E-state index contributed by atoms with van der Waals surface area (Å²) in [5.41, 5.74) is 5.32. The minimum Gasteiger partial charge on any atom is -0.456 e. The molecule has 3 heteroatoms. The van der Waals surface area contributed by atoms with E-state index < -0.39 is 0 Å². The third-order valence-electron chi connectivity index (χ3n) is 9.21. The van der Waals surface area contributed by atoms with E-state index in [0.29, 0.717) is 0 Å². The lowest BCUT2D eigenvalue weighted by Crippen LogP contribution is -2.10. The lowest BCUT2D eigenvalue weighted by molar-refractivity contribution is 0.669. The first kappa shape index (κ1) is 24.8.